The number of pyridine rings is 1. The number of thioether (sulfide) groups is 1. The van der Waals surface area contributed by atoms with E-state index in [-0.39, 0.29) is 21.9 Å². The number of anilines is 1. The predicted molar refractivity (Wildman–Crippen MR) is 83.2 cm³/mol. The van der Waals surface area contributed by atoms with Crippen molar-refractivity contribution in [3.05, 3.63) is 27.9 Å². The molecule has 0 amide bonds. The molecule has 0 saturated heterocycles. The molecule has 0 fully saturated rings. The Morgan fingerprint density at radius 3 is 2.52 bits per heavy atom. The Morgan fingerprint density at radius 1 is 1.48 bits per heavy atom. The van der Waals surface area contributed by atoms with Crippen LogP contribution in [0.1, 0.15) is 37.2 Å². The second-order valence-electron chi connectivity index (χ2n) is 4.57. The molecule has 0 aliphatic carbocycles. The molecule has 0 radical (unpaired) electrons. The number of nitrogens with one attached hydrogen (secondary N) is 1. The van der Waals surface area contributed by atoms with Crippen molar-refractivity contribution in [3.63, 3.8) is 0 Å². The van der Waals surface area contributed by atoms with Crippen molar-refractivity contribution in [1.29, 1.82) is 0 Å². The van der Waals surface area contributed by atoms with Crippen molar-refractivity contribution in [2.24, 2.45) is 0 Å². The van der Waals surface area contributed by atoms with Crippen LogP contribution >= 0.6 is 11.8 Å². The molecule has 0 aliphatic heterocycles. The highest BCUT2D eigenvalue weighted by Crippen LogP contribution is 2.32. The maximum atomic E-state index is 11.0. The highest BCUT2D eigenvalue weighted by Gasteiger charge is 2.27. The molecule has 0 aliphatic rings. The fraction of sp³-hybridized carbons (Fsp3) is 0.538. The van der Waals surface area contributed by atoms with E-state index in [0.29, 0.717) is 6.54 Å². The molecule has 1 aromatic rings. The van der Waals surface area contributed by atoms with Gasteiger partial charge in [-0.1, -0.05) is 13.8 Å². The summed E-state index contributed by atoms with van der Waals surface area (Å²) in [6, 6.07) is 2.30. The summed E-state index contributed by atoms with van der Waals surface area (Å²) in [5, 5.41) is 22.9. The van der Waals surface area contributed by atoms with Gasteiger partial charge in [0.05, 0.1) is 4.92 Å². The summed E-state index contributed by atoms with van der Waals surface area (Å²) in [4.78, 5) is 25.2. The number of aromatic nitrogens is 1. The van der Waals surface area contributed by atoms with Crippen LogP contribution in [0.5, 0.6) is 0 Å². The number of carboxylic acid groups (broad SMARTS) is 1. The maximum Gasteiger partial charge on any atom is 0.354 e. The van der Waals surface area contributed by atoms with Crippen LogP contribution in [0.4, 0.5) is 11.5 Å². The monoisotopic (exact) mass is 313 g/mol. The largest absolute Gasteiger partial charge is 0.477 e. The smallest absolute Gasteiger partial charge is 0.354 e. The third-order valence-corrected chi connectivity index (χ3v) is 5.18. The lowest BCUT2D eigenvalue weighted by molar-refractivity contribution is -0.384. The second kappa shape index (κ2) is 7.26. The van der Waals surface area contributed by atoms with Crippen LogP contribution in [0.2, 0.25) is 0 Å². The zero-order valence-electron chi connectivity index (χ0n) is 12.3. The molecule has 21 heavy (non-hydrogen) atoms. The number of hydrogen-bond donors (Lipinski definition) is 2. The first-order valence-corrected chi connectivity index (χ1v) is 7.79. The number of aromatic carboxylic acids is 1. The normalized spacial score (nSPS) is 11.2. The SMILES string of the molecule is CCC(CC)(CNc1nc(C(=O)O)ccc1[N+](=O)[O-])SC. The summed E-state index contributed by atoms with van der Waals surface area (Å²) in [7, 11) is 0. The molecular weight excluding hydrogens is 294 g/mol. The summed E-state index contributed by atoms with van der Waals surface area (Å²) in [5.41, 5.74) is -0.437. The number of nitrogens with zero attached hydrogens (tertiary/aromatic N) is 2. The average molecular weight is 313 g/mol. The van der Waals surface area contributed by atoms with E-state index in [1.807, 2.05) is 6.26 Å². The molecular formula is C13H19N3O4S. The molecule has 0 saturated carbocycles. The zero-order chi connectivity index (χ0) is 16.0. The molecule has 0 aromatic carbocycles. The third-order valence-electron chi connectivity index (χ3n) is 3.59. The number of rotatable bonds is 8. The van der Waals surface area contributed by atoms with Gasteiger partial charge in [0.1, 0.15) is 0 Å². The number of hydrogen-bond acceptors (Lipinski definition) is 6. The van der Waals surface area contributed by atoms with Crippen molar-refractivity contribution < 1.29 is 14.8 Å². The molecule has 1 heterocycles. The zero-order valence-corrected chi connectivity index (χ0v) is 13.1. The van der Waals surface area contributed by atoms with E-state index in [9.17, 15) is 14.9 Å². The standard InChI is InChI=1S/C13H19N3O4S/c1-4-13(5-2,21-3)8-14-11-10(16(19)20)7-6-9(15-11)12(17)18/h6-7H,4-5,8H2,1-3H3,(H,14,15)(H,17,18). The van der Waals surface area contributed by atoms with Gasteiger partial charge in [-0.2, -0.15) is 11.8 Å². The van der Waals surface area contributed by atoms with Gasteiger partial charge in [-0.25, -0.2) is 9.78 Å². The van der Waals surface area contributed by atoms with Crippen LogP contribution in [0.15, 0.2) is 12.1 Å². The predicted octanol–water partition coefficient (Wildman–Crippen LogP) is 3.02. The van der Waals surface area contributed by atoms with E-state index in [4.69, 9.17) is 5.11 Å². The van der Waals surface area contributed by atoms with E-state index in [1.54, 1.807) is 11.8 Å². The van der Waals surface area contributed by atoms with E-state index in [2.05, 4.69) is 24.1 Å². The lowest BCUT2D eigenvalue weighted by Crippen LogP contribution is -2.32. The highest BCUT2D eigenvalue weighted by molar-refractivity contribution is 8.00. The number of carbonyl (C=O) groups is 1. The quantitative estimate of drug-likeness (QED) is 0.561. The van der Waals surface area contributed by atoms with E-state index < -0.39 is 10.9 Å². The van der Waals surface area contributed by atoms with Gasteiger partial charge in [0.15, 0.2) is 5.69 Å². The second-order valence-corrected chi connectivity index (χ2v) is 5.85. The molecule has 0 unspecified atom stereocenters. The summed E-state index contributed by atoms with van der Waals surface area (Å²) < 4.78 is -0.0607. The van der Waals surface area contributed by atoms with Crippen molar-refractivity contribution in [2.45, 2.75) is 31.4 Å². The fourth-order valence-corrected chi connectivity index (χ4v) is 2.75. The van der Waals surface area contributed by atoms with Gasteiger partial charge in [-0.3, -0.25) is 10.1 Å². The molecule has 8 heteroatoms. The summed E-state index contributed by atoms with van der Waals surface area (Å²) in [6.45, 7) is 4.59. The van der Waals surface area contributed by atoms with Crippen LogP contribution in [-0.2, 0) is 0 Å². The summed E-state index contributed by atoms with van der Waals surface area (Å²) >= 11 is 1.68. The van der Waals surface area contributed by atoms with Crippen LogP contribution in [-0.4, -0.2) is 38.5 Å². The molecule has 7 nitrogen and oxygen atoms in total. The van der Waals surface area contributed by atoms with Gasteiger partial charge in [0, 0.05) is 17.4 Å². The van der Waals surface area contributed by atoms with Crippen LogP contribution in [0, 0.1) is 10.1 Å². The van der Waals surface area contributed by atoms with Crippen molar-refractivity contribution in [3.8, 4) is 0 Å². The van der Waals surface area contributed by atoms with Crippen molar-refractivity contribution in [1.82, 2.24) is 4.98 Å². The average Bonchev–Trinajstić information content (AvgIpc) is 2.48. The van der Waals surface area contributed by atoms with E-state index in [0.717, 1.165) is 25.0 Å². The van der Waals surface area contributed by atoms with Crippen LogP contribution in [0.25, 0.3) is 0 Å². The van der Waals surface area contributed by atoms with Crippen molar-refractivity contribution in [2.75, 3.05) is 18.1 Å². The Balaban J connectivity index is 3.07. The van der Waals surface area contributed by atoms with Crippen LogP contribution < -0.4 is 5.32 Å². The molecule has 0 spiro atoms. The Labute approximate surface area is 127 Å². The van der Waals surface area contributed by atoms with Crippen LogP contribution in [0.3, 0.4) is 0 Å². The van der Waals surface area contributed by atoms with E-state index >= 15 is 0 Å². The lowest BCUT2D eigenvalue weighted by atomic mass is 10.0. The number of nitro groups is 1. The minimum Gasteiger partial charge on any atom is -0.477 e. The third kappa shape index (κ3) is 4.07. The minimum atomic E-state index is -1.21. The summed E-state index contributed by atoms with van der Waals surface area (Å²) in [5.74, 6) is -1.21. The number of carboxylic acids is 1. The van der Waals surface area contributed by atoms with Gasteiger partial charge in [-0.05, 0) is 25.2 Å². The molecule has 116 valence electrons. The molecule has 1 rings (SSSR count). The molecule has 0 atom stereocenters. The Kier molecular flexibility index (Phi) is 5.95. The topological polar surface area (TPSA) is 105 Å². The van der Waals surface area contributed by atoms with Crippen molar-refractivity contribution >= 4 is 29.2 Å². The fourth-order valence-electron chi connectivity index (χ4n) is 1.95. The van der Waals surface area contributed by atoms with Gasteiger partial charge < -0.3 is 10.4 Å². The Bertz CT molecular complexity index is 524. The summed E-state index contributed by atoms with van der Waals surface area (Å²) in [6.07, 6.45) is 3.78. The minimum absolute atomic E-state index is 0.000208. The molecule has 2 N–H and O–H groups in total. The van der Waals surface area contributed by atoms with Gasteiger partial charge >= 0.3 is 11.7 Å². The molecule has 0 bridgehead atoms. The lowest BCUT2D eigenvalue weighted by Gasteiger charge is -2.29. The first kappa shape index (κ1) is 17.2. The van der Waals surface area contributed by atoms with Gasteiger partial charge in [0.25, 0.3) is 0 Å². The first-order valence-electron chi connectivity index (χ1n) is 6.57. The van der Waals surface area contributed by atoms with Gasteiger partial charge in [0.2, 0.25) is 5.82 Å². The molecule has 1 aromatic heterocycles. The Morgan fingerprint density at radius 2 is 2.10 bits per heavy atom. The highest BCUT2D eigenvalue weighted by atomic mass is 32.2. The van der Waals surface area contributed by atoms with Gasteiger partial charge in [-0.15, -0.1) is 0 Å². The Hall–Kier alpha value is -1.83. The van der Waals surface area contributed by atoms with E-state index in [1.165, 1.54) is 0 Å². The maximum absolute atomic E-state index is 11.0. The first-order chi connectivity index (χ1) is 9.89.